The highest BCUT2D eigenvalue weighted by Crippen LogP contribution is 2.29. The highest BCUT2D eigenvalue weighted by molar-refractivity contribution is 7.99. The number of nitrogens with zero attached hydrogens (tertiary/aromatic N) is 1. The van der Waals surface area contributed by atoms with Crippen LogP contribution in [0, 0.1) is 11.3 Å². The van der Waals surface area contributed by atoms with E-state index < -0.39 is 11.5 Å². The Kier molecular flexibility index (Phi) is 3.36. The molecule has 5 heteroatoms. The Hall–Kier alpha value is -1.51. The molecule has 0 saturated carbocycles. The van der Waals surface area contributed by atoms with Gasteiger partial charge in [0.05, 0.1) is 11.6 Å². The number of aliphatic hydroxyl groups is 1. The maximum atomic E-state index is 11.9. The number of anilines is 1. The van der Waals surface area contributed by atoms with Crippen LogP contribution in [0.2, 0.25) is 0 Å². The molecule has 0 aromatic heterocycles. The second kappa shape index (κ2) is 4.78. The molecule has 2 N–H and O–H groups in total. The first-order valence-electron chi connectivity index (χ1n) is 5.26. The fourth-order valence-corrected chi connectivity index (χ4v) is 2.89. The number of nitrogens with one attached hydrogen (secondary N) is 1. The molecule has 1 unspecified atom stereocenters. The Balaban J connectivity index is 2.10. The maximum Gasteiger partial charge on any atom is 0.257 e. The van der Waals surface area contributed by atoms with Crippen LogP contribution in [0.3, 0.4) is 0 Å². The molecule has 0 spiro atoms. The van der Waals surface area contributed by atoms with Crippen molar-refractivity contribution in [3.05, 3.63) is 29.8 Å². The van der Waals surface area contributed by atoms with Crippen molar-refractivity contribution in [1.82, 2.24) is 0 Å². The number of nitriles is 1. The van der Waals surface area contributed by atoms with Crippen LogP contribution in [0.25, 0.3) is 0 Å². The van der Waals surface area contributed by atoms with E-state index in [2.05, 4.69) is 5.32 Å². The SMILES string of the molecule is N#Cc1cccc(NC(=O)C2(O)CCSC2)c1. The number of carbonyl (C=O) groups is 1. The number of rotatable bonds is 2. The zero-order valence-corrected chi connectivity index (χ0v) is 9.96. The summed E-state index contributed by atoms with van der Waals surface area (Å²) in [6, 6.07) is 8.65. The molecule has 4 nitrogen and oxygen atoms in total. The minimum Gasteiger partial charge on any atom is -0.379 e. The molecule has 1 fully saturated rings. The van der Waals surface area contributed by atoms with Gasteiger partial charge in [-0.15, -0.1) is 0 Å². The summed E-state index contributed by atoms with van der Waals surface area (Å²) in [5.74, 6) is 0.830. The van der Waals surface area contributed by atoms with Crippen molar-refractivity contribution in [2.75, 3.05) is 16.8 Å². The predicted octanol–water partition coefficient (Wildman–Crippen LogP) is 1.36. The van der Waals surface area contributed by atoms with E-state index in [1.54, 1.807) is 36.0 Å². The van der Waals surface area contributed by atoms with E-state index in [-0.39, 0.29) is 0 Å². The molecule has 1 aromatic carbocycles. The van der Waals surface area contributed by atoms with Crippen molar-refractivity contribution in [2.24, 2.45) is 0 Å². The Labute approximate surface area is 104 Å². The normalized spacial score (nSPS) is 23.1. The summed E-state index contributed by atoms with van der Waals surface area (Å²) in [6.45, 7) is 0. The van der Waals surface area contributed by atoms with Gasteiger partial charge < -0.3 is 10.4 Å². The molecule has 17 heavy (non-hydrogen) atoms. The smallest absolute Gasteiger partial charge is 0.257 e. The molecule has 1 heterocycles. The maximum absolute atomic E-state index is 11.9. The van der Waals surface area contributed by atoms with Gasteiger partial charge in [-0.3, -0.25) is 4.79 Å². The first-order chi connectivity index (χ1) is 8.14. The molecule has 1 aliphatic heterocycles. The van der Waals surface area contributed by atoms with E-state index in [9.17, 15) is 9.90 Å². The fourth-order valence-electron chi connectivity index (χ4n) is 1.65. The van der Waals surface area contributed by atoms with E-state index in [0.29, 0.717) is 23.4 Å². The molecule has 1 amide bonds. The average Bonchev–Trinajstić information content (AvgIpc) is 2.78. The molecule has 0 radical (unpaired) electrons. The molecule has 0 bridgehead atoms. The summed E-state index contributed by atoms with van der Waals surface area (Å²) in [5, 5.41) is 21.4. The lowest BCUT2D eigenvalue weighted by Crippen LogP contribution is -2.42. The van der Waals surface area contributed by atoms with E-state index in [1.165, 1.54) is 0 Å². The van der Waals surface area contributed by atoms with E-state index in [0.717, 1.165) is 5.75 Å². The molecule has 1 saturated heterocycles. The summed E-state index contributed by atoms with van der Waals surface area (Å²) in [4.78, 5) is 11.9. The van der Waals surface area contributed by atoms with Gasteiger partial charge >= 0.3 is 0 Å². The third-order valence-corrected chi connectivity index (χ3v) is 3.85. The van der Waals surface area contributed by atoms with Gasteiger partial charge in [0.1, 0.15) is 0 Å². The number of benzene rings is 1. The second-order valence-corrected chi connectivity index (χ2v) is 5.09. The molecule has 1 atom stereocenters. The van der Waals surface area contributed by atoms with Crippen LogP contribution in [0.4, 0.5) is 5.69 Å². The summed E-state index contributed by atoms with van der Waals surface area (Å²) in [5.41, 5.74) is -0.247. The van der Waals surface area contributed by atoms with Gasteiger partial charge in [-0.25, -0.2) is 0 Å². The van der Waals surface area contributed by atoms with Crippen molar-refractivity contribution < 1.29 is 9.90 Å². The van der Waals surface area contributed by atoms with Crippen LogP contribution in [0.1, 0.15) is 12.0 Å². The molecule has 1 aromatic rings. The Morgan fingerprint density at radius 3 is 3.06 bits per heavy atom. The number of thioether (sulfide) groups is 1. The number of hydrogen-bond donors (Lipinski definition) is 2. The third-order valence-electron chi connectivity index (χ3n) is 2.67. The molecule has 0 aliphatic carbocycles. The van der Waals surface area contributed by atoms with E-state index in [1.807, 2.05) is 6.07 Å². The third kappa shape index (κ3) is 2.60. The minimum absolute atomic E-state index is 0.391. The monoisotopic (exact) mass is 248 g/mol. The minimum atomic E-state index is -1.27. The molecule has 2 rings (SSSR count). The quantitative estimate of drug-likeness (QED) is 0.829. The van der Waals surface area contributed by atoms with Crippen LogP contribution in [-0.2, 0) is 4.79 Å². The van der Waals surface area contributed by atoms with Crippen molar-refractivity contribution in [2.45, 2.75) is 12.0 Å². The van der Waals surface area contributed by atoms with Crippen LogP contribution in [0.5, 0.6) is 0 Å². The van der Waals surface area contributed by atoms with Crippen LogP contribution >= 0.6 is 11.8 Å². The molecule has 1 aliphatic rings. The van der Waals surface area contributed by atoms with Gasteiger partial charge in [0.2, 0.25) is 0 Å². The number of carbonyl (C=O) groups excluding carboxylic acids is 1. The lowest BCUT2D eigenvalue weighted by Gasteiger charge is -2.20. The summed E-state index contributed by atoms with van der Waals surface area (Å²) in [6.07, 6.45) is 0.474. The molecular formula is C12H12N2O2S. The number of amides is 1. The van der Waals surface area contributed by atoms with Crippen molar-refractivity contribution >= 4 is 23.4 Å². The summed E-state index contributed by atoms with van der Waals surface area (Å²) < 4.78 is 0. The average molecular weight is 248 g/mol. The van der Waals surface area contributed by atoms with Gasteiger partial charge in [0.25, 0.3) is 5.91 Å². The second-order valence-electron chi connectivity index (χ2n) is 3.98. The predicted molar refractivity (Wildman–Crippen MR) is 66.7 cm³/mol. The van der Waals surface area contributed by atoms with Crippen molar-refractivity contribution in [1.29, 1.82) is 5.26 Å². The van der Waals surface area contributed by atoms with Gasteiger partial charge in [-0.1, -0.05) is 6.07 Å². The van der Waals surface area contributed by atoms with Gasteiger partial charge in [0.15, 0.2) is 5.60 Å². The van der Waals surface area contributed by atoms with Gasteiger partial charge in [-0.05, 0) is 30.4 Å². The van der Waals surface area contributed by atoms with E-state index in [4.69, 9.17) is 5.26 Å². The topological polar surface area (TPSA) is 73.1 Å². The van der Waals surface area contributed by atoms with Gasteiger partial charge in [0, 0.05) is 11.4 Å². The van der Waals surface area contributed by atoms with Gasteiger partial charge in [-0.2, -0.15) is 17.0 Å². The Morgan fingerprint density at radius 1 is 1.59 bits per heavy atom. The summed E-state index contributed by atoms with van der Waals surface area (Å²) >= 11 is 1.56. The lowest BCUT2D eigenvalue weighted by atomic mass is 10.0. The molecule has 88 valence electrons. The van der Waals surface area contributed by atoms with Crippen LogP contribution < -0.4 is 5.32 Å². The molecular weight excluding hydrogens is 236 g/mol. The Morgan fingerprint density at radius 2 is 2.41 bits per heavy atom. The fraction of sp³-hybridized carbons (Fsp3) is 0.333. The zero-order valence-electron chi connectivity index (χ0n) is 9.14. The van der Waals surface area contributed by atoms with Crippen molar-refractivity contribution in [3.63, 3.8) is 0 Å². The van der Waals surface area contributed by atoms with Crippen LogP contribution in [0.15, 0.2) is 24.3 Å². The van der Waals surface area contributed by atoms with Crippen LogP contribution in [-0.4, -0.2) is 28.1 Å². The zero-order chi connectivity index (χ0) is 12.3. The lowest BCUT2D eigenvalue weighted by molar-refractivity contribution is -0.131. The highest BCUT2D eigenvalue weighted by Gasteiger charge is 2.39. The number of hydrogen-bond acceptors (Lipinski definition) is 4. The first kappa shape index (κ1) is 12.0. The highest BCUT2D eigenvalue weighted by atomic mass is 32.2. The largest absolute Gasteiger partial charge is 0.379 e. The Bertz CT molecular complexity index is 476. The summed E-state index contributed by atoms with van der Waals surface area (Å²) in [7, 11) is 0. The van der Waals surface area contributed by atoms with E-state index >= 15 is 0 Å². The standard InChI is InChI=1S/C12H12N2O2S/c13-7-9-2-1-3-10(6-9)14-11(15)12(16)4-5-17-8-12/h1-3,6,16H,4-5,8H2,(H,14,15). The van der Waals surface area contributed by atoms with Crippen molar-refractivity contribution in [3.8, 4) is 6.07 Å². The first-order valence-corrected chi connectivity index (χ1v) is 6.41.